The maximum Gasteiger partial charge on any atom is 0.321 e. The molecule has 1 saturated carbocycles. The van der Waals surface area contributed by atoms with Crippen molar-refractivity contribution < 1.29 is 9.90 Å². The van der Waals surface area contributed by atoms with Gasteiger partial charge in [-0.1, -0.05) is 6.42 Å². The van der Waals surface area contributed by atoms with Crippen LogP contribution < -0.4 is 10.6 Å². The molecule has 1 aliphatic carbocycles. The summed E-state index contributed by atoms with van der Waals surface area (Å²) in [6.45, 7) is 2.09. The number of piperidine rings is 1. The third kappa shape index (κ3) is 1.49. The summed E-state index contributed by atoms with van der Waals surface area (Å²) in [6, 6.07) is -0.341. The molecule has 4 nitrogen and oxygen atoms in total. The molecule has 0 aromatic carbocycles. The molecule has 2 bridgehead atoms. The Kier molecular flexibility index (Phi) is 2.64. The van der Waals surface area contributed by atoms with Crippen LogP contribution in [0.4, 0.5) is 0 Å². The predicted molar refractivity (Wildman–Crippen MR) is 63.4 cm³/mol. The molecular formula is C11H18N2O2S. The molecule has 3 atom stereocenters. The van der Waals surface area contributed by atoms with Crippen LogP contribution >= 0.6 is 11.8 Å². The number of aliphatic carboxylic acids is 1. The summed E-state index contributed by atoms with van der Waals surface area (Å²) in [6.07, 6.45) is 3.77. The van der Waals surface area contributed by atoms with Crippen LogP contribution in [0.1, 0.15) is 19.3 Å². The Morgan fingerprint density at radius 2 is 2.00 bits per heavy atom. The zero-order chi connectivity index (χ0) is 11.2. The zero-order valence-electron chi connectivity index (χ0n) is 9.24. The Bertz CT molecular complexity index is 288. The van der Waals surface area contributed by atoms with Crippen molar-refractivity contribution >= 4 is 17.7 Å². The van der Waals surface area contributed by atoms with Crippen molar-refractivity contribution in [3.05, 3.63) is 0 Å². The number of thioether (sulfide) groups is 1. The molecule has 3 fully saturated rings. The molecule has 2 heterocycles. The fourth-order valence-electron chi connectivity index (χ4n) is 3.49. The van der Waals surface area contributed by atoms with E-state index in [1.54, 1.807) is 0 Å². The van der Waals surface area contributed by atoms with Crippen LogP contribution in [0.2, 0.25) is 0 Å². The van der Waals surface area contributed by atoms with E-state index in [0.29, 0.717) is 11.8 Å². The number of carboxylic acid groups (broad SMARTS) is 1. The summed E-state index contributed by atoms with van der Waals surface area (Å²) < 4.78 is 0. The van der Waals surface area contributed by atoms with E-state index in [2.05, 4.69) is 10.6 Å². The minimum atomic E-state index is -0.694. The minimum absolute atomic E-state index is 0.0621. The number of carboxylic acids is 1. The summed E-state index contributed by atoms with van der Waals surface area (Å²) in [5.41, 5.74) is 0. The fraction of sp³-hybridized carbons (Fsp3) is 0.909. The van der Waals surface area contributed by atoms with E-state index in [-0.39, 0.29) is 10.9 Å². The van der Waals surface area contributed by atoms with E-state index in [0.717, 1.165) is 18.8 Å². The Hall–Kier alpha value is -0.260. The molecule has 2 aliphatic heterocycles. The predicted octanol–water partition coefficient (Wildman–Crippen LogP) is 0.492. The van der Waals surface area contributed by atoms with E-state index in [9.17, 15) is 4.79 Å². The molecule has 5 heteroatoms. The lowest BCUT2D eigenvalue weighted by Gasteiger charge is -2.51. The first kappa shape index (κ1) is 10.9. The largest absolute Gasteiger partial charge is 0.480 e. The lowest BCUT2D eigenvalue weighted by Crippen LogP contribution is -2.63. The van der Waals surface area contributed by atoms with Gasteiger partial charge in [0.05, 0.1) is 4.87 Å². The highest BCUT2D eigenvalue weighted by Gasteiger charge is 2.54. The first-order chi connectivity index (χ1) is 7.72. The molecule has 3 N–H and O–H groups in total. The first-order valence-corrected chi connectivity index (χ1v) is 7.06. The highest BCUT2D eigenvalue weighted by atomic mass is 32.2. The maximum absolute atomic E-state index is 11.1. The summed E-state index contributed by atoms with van der Waals surface area (Å²) in [4.78, 5) is 11.1. The van der Waals surface area contributed by atoms with Gasteiger partial charge in [0.15, 0.2) is 0 Å². The summed E-state index contributed by atoms with van der Waals surface area (Å²) in [5, 5.41) is 16.0. The minimum Gasteiger partial charge on any atom is -0.480 e. The Morgan fingerprint density at radius 3 is 2.56 bits per heavy atom. The highest BCUT2D eigenvalue weighted by Crippen LogP contribution is 2.50. The van der Waals surface area contributed by atoms with Crippen LogP contribution in [0.25, 0.3) is 0 Å². The van der Waals surface area contributed by atoms with Crippen molar-refractivity contribution in [2.24, 2.45) is 11.8 Å². The monoisotopic (exact) mass is 242 g/mol. The molecular weight excluding hydrogens is 224 g/mol. The molecule has 0 aromatic rings. The fourth-order valence-corrected chi connectivity index (χ4v) is 5.26. The Labute approximate surface area is 99.5 Å². The SMILES string of the molecule is O=C(O)[C@@H]1CSC2(N1)[C@H]1CCC[C@H]2CNC1. The van der Waals surface area contributed by atoms with Gasteiger partial charge < -0.3 is 10.4 Å². The molecule has 0 radical (unpaired) electrons. The number of rotatable bonds is 1. The average Bonchev–Trinajstić information content (AvgIpc) is 2.63. The van der Waals surface area contributed by atoms with Gasteiger partial charge in [0.25, 0.3) is 0 Å². The van der Waals surface area contributed by atoms with Gasteiger partial charge in [-0.3, -0.25) is 10.1 Å². The van der Waals surface area contributed by atoms with Crippen LogP contribution in [-0.4, -0.2) is 40.8 Å². The lowest BCUT2D eigenvalue weighted by molar-refractivity contribution is -0.139. The van der Waals surface area contributed by atoms with Crippen LogP contribution in [0.15, 0.2) is 0 Å². The van der Waals surface area contributed by atoms with Crippen LogP contribution in [0, 0.1) is 11.8 Å². The van der Waals surface area contributed by atoms with Crippen LogP contribution in [-0.2, 0) is 4.79 Å². The van der Waals surface area contributed by atoms with E-state index in [1.165, 1.54) is 19.3 Å². The zero-order valence-corrected chi connectivity index (χ0v) is 10.1. The molecule has 90 valence electrons. The summed E-state index contributed by atoms with van der Waals surface area (Å²) in [5.74, 6) is 1.24. The molecule has 0 amide bonds. The highest BCUT2D eigenvalue weighted by molar-refractivity contribution is 8.01. The van der Waals surface area contributed by atoms with Gasteiger partial charge in [-0.05, 0) is 24.7 Å². The first-order valence-electron chi connectivity index (χ1n) is 6.07. The van der Waals surface area contributed by atoms with Gasteiger partial charge in [0.1, 0.15) is 6.04 Å². The average molecular weight is 242 g/mol. The normalized spacial score (nSPS) is 47.1. The van der Waals surface area contributed by atoms with Crippen molar-refractivity contribution in [1.29, 1.82) is 0 Å². The molecule has 16 heavy (non-hydrogen) atoms. The Morgan fingerprint density at radius 1 is 1.31 bits per heavy atom. The molecule has 0 unspecified atom stereocenters. The van der Waals surface area contributed by atoms with Crippen molar-refractivity contribution in [1.82, 2.24) is 10.6 Å². The molecule has 3 rings (SSSR count). The van der Waals surface area contributed by atoms with Crippen molar-refractivity contribution in [2.75, 3.05) is 18.8 Å². The lowest BCUT2D eigenvalue weighted by atomic mass is 9.73. The third-order valence-corrected chi connectivity index (χ3v) is 6.05. The van der Waals surface area contributed by atoms with Gasteiger partial charge in [-0.15, -0.1) is 11.8 Å². The van der Waals surface area contributed by atoms with Crippen molar-refractivity contribution in [3.63, 3.8) is 0 Å². The second-order valence-electron chi connectivity index (χ2n) is 5.12. The topological polar surface area (TPSA) is 61.4 Å². The molecule has 0 aromatic heterocycles. The molecule has 1 spiro atoms. The second-order valence-corrected chi connectivity index (χ2v) is 6.42. The van der Waals surface area contributed by atoms with Gasteiger partial charge >= 0.3 is 5.97 Å². The Balaban J connectivity index is 1.84. The number of nitrogens with one attached hydrogen (secondary N) is 2. The van der Waals surface area contributed by atoms with Gasteiger partial charge in [0.2, 0.25) is 0 Å². The van der Waals surface area contributed by atoms with Gasteiger partial charge in [-0.2, -0.15) is 0 Å². The smallest absolute Gasteiger partial charge is 0.321 e. The van der Waals surface area contributed by atoms with Crippen LogP contribution in [0.3, 0.4) is 0 Å². The van der Waals surface area contributed by atoms with E-state index >= 15 is 0 Å². The standard InChI is InChI=1S/C11H18N2O2S/c14-10(15)9-6-16-11(13-9)7-2-1-3-8(11)5-12-4-7/h7-9,12-13H,1-6H2,(H,14,15)/t7-,8-,9-/m0/s1. The number of hydrogen-bond donors (Lipinski definition) is 3. The van der Waals surface area contributed by atoms with Gasteiger partial charge in [0, 0.05) is 18.8 Å². The van der Waals surface area contributed by atoms with Crippen molar-refractivity contribution in [3.8, 4) is 0 Å². The summed E-state index contributed by atoms with van der Waals surface area (Å²) >= 11 is 1.86. The van der Waals surface area contributed by atoms with Gasteiger partial charge in [-0.25, -0.2) is 0 Å². The quantitative estimate of drug-likeness (QED) is 0.625. The molecule has 2 saturated heterocycles. The second kappa shape index (κ2) is 3.89. The summed E-state index contributed by atoms with van der Waals surface area (Å²) in [7, 11) is 0. The third-order valence-electron chi connectivity index (χ3n) is 4.29. The van der Waals surface area contributed by atoms with E-state index < -0.39 is 5.97 Å². The van der Waals surface area contributed by atoms with Crippen LogP contribution in [0.5, 0.6) is 0 Å². The number of hydrogen-bond acceptors (Lipinski definition) is 4. The maximum atomic E-state index is 11.1. The number of carbonyl (C=O) groups is 1. The van der Waals surface area contributed by atoms with E-state index in [1.807, 2.05) is 11.8 Å². The molecule has 3 aliphatic rings. The van der Waals surface area contributed by atoms with E-state index in [4.69, 9.17) is 5.11 Å². The van der Waals surface area contributed by atoms with Crippen molar-refractivity contribution in [2.45, 2.75) is 30.2 Å².